The van der Waals surface area contributed by atoms with E-state index in [2.05, 4.69) is 48.4 Å². The predicted octanol–water partition coefficient (Wildman–Crippen LogP) is 4.44. The molecule has 0 bridgehead atoms. The maximum Gasteiger partial charge on any atom is 0.234 e. The van der Waals surface area contributed by atoms with Crippen molar-refractivity contribution in [2.75, 3.05) is 25.3 Å². The smallest absolute Gasteiger partial charge is 0.234 e. The number of amides is 1. The number of hydrogen-bond acceptors (Lipinski definition) is 7. The summed E-state index contributed by atoms with van der Waals surface area (Å²) in [6, 6.07) is 13.3. The van der Waals surface area contributed by atoms with Crippen molar-refractivity contribution in [1.82, 2.24) is 14.8 Å². The minimum atomic E-state index is -0.178. The Balaban J connectivity index is 1.54. The highest BCUT2D eigenvalue weighted by Crippen LogP contribution is 2.29. The summed E-state index contributed by atoms with van der Waals surface area (Å²) in [5.74, 6) is 2.63. The van der Waals surface area contributed by atoms with E-state index in [-0.39, 0.29) is 23.7 Å². The number of rotatable bonds is 9. The standard InChI is InChI=1S/C24H30N4O4S/c1-24(2,3)16-7-9-17(10-8-16)32-14-21-26-27-23(28(21)4)33-15-22(29)25-19-12-11-18(30-5)13-20(19)31-6/h7-13H,14-15H2,1-6H3,(H,25,29). The summed E-state index contributed by atoms with van der Waals surface area (Å²) in [6.45, 7) is 6.81. The van der Waals surface area contributed by atoms with Crippen molar-refractivity contribution < 1.29 is 19.0 Å². The number of anilines is 1. The molecule has 8 nitrogen and oxygen atoms in total. The van der Waals surface area contributed by atoms with Gasteiger partial charge in [-0.05, 0) is 35.2 Å². The second-order valence-corrected chi connectivity index (χ2v) is 9.37. The molecule has 1 aromatic heterocycles. The molecule has 0 radical (unpaired) electrons. The second kappa shape index (κ2) is 10.6. The highest BCUT2D eigenvalue weighted by molar-refractivity contribution is 7.99. The minimum absolute atomic E-state index is 0.0963. The van der Waals surface area contributed by atoms with Crippen molar-refractivity contribution >= 4 is 23.4 Å². The van der Waals surface area contributed by atoms with Gasteiger partial charge in [-0.1, -0.05) is 44.7 Å². The van der Waals surface area contributed by atoms with Gasteiger partial charge in [-0.25, -0.2) is 0 Å². The fourth-order valence-corrected chi connectivity index (χ4v) is 3.74. The maximum absolute atomic E-state index is 12.4. The molecular formula is C24H30N4O4S. The Labute approximate surface area is 198 Å². The molecule has 33 heavy (non-hydrogen) atoms. The SMILES string of the molecule is COc1ccc(NC(=O)CSc2nnc(COc3ccc(C(C)(C)C)cc3)n2C)c(OC)c1. The predicted molar refractivity (Wildman–Crippen MR) is 129 cm³/mol. The van der Waals surface area contributed by atoms with E-state index in [0.29, 0.717) is 28.2 Å². The fourth-order valence-electron chi connectivity index (χ4n) is 3.01. The molecule has 176 valence electrons. The largest absolute Gasteiger partial charge is 0.497 e. The highest BCUT2D eigenvalue weighted by Gasteiger charge is 2.15. The zero-order valence-corrected chi connectivity index (χ0v) is 20.7. The molecule has 0 atom stereocenters. The molecule has 0 saturated carbocycles. The third kappa shape index (κ3) is 6.41. The Morgan fingerprint density at radius 1 is 1.03 bits per heavy atom. The average molecular weight is 471 g/mol. The van der Waals surface area contributed by atoms with Gasteiger partial charge >= 0.3 is 0 Å². The van der Waals surface area contributed by atoms with Gasteiger partial charge in [-0.3, -0.25) is 4.79 Å². The molecule has 0 spiro atoms. The van der Waals surface area contributed by atoms with E-state index in [4.69, 9.17) is 14.2 Å². The van der Waals surface area contributed by atoms with Gasteiger partial charge in [0.15, 0.2) is 11.0 Å². The fraction of sp³-hybridized carbons (Fsp3) is 0.375. The topological polar surface area (TPSA) is 87.5 Å². The van der Waals surface area contributed by atoms with Crippen LogP contribution in [0.1, 0.15) is 32.2 Å². The molecule has 3 aromatic rings. The van der Waals surface area contributed by atoms with E-state index in [1.807, 2.05) is 23.7 Å². The molecular weight excluding hydrogens is 440 g/mol. The van der Waals surface area contributed by atoms with Crippen molar-refractivity contribution in [3.8, 4) is 17.2 Å². The number of nitrogens with zero attached hydrogens (tertiary/aromatic N) is 3. The van der Waals surface area contributed by atoms with Crippen molar-refractivity contribution in [3.63, 3.8) is 0 Å². The van der Waals surface area contributed by atoms with Crippen LogP contribution in [0.4, 0.5) is 5.69 Å². The lowest BCUT2D eigenvalue weighted by atomic mass is 9.87. The van der Waals surface area contributed by atoms with Crippen LogP contribution in [-0.4, -0.2) is 40.6 Å². The molecule has 1 N–H and O–H groups in total. The van der Waals surface area contributed by atoms with Crippen molar-refractivity contribution in [2.45, 2.75) is 37.9 Å². The molecule has 3 rings (SSSR count). The number of carbonyl (C=O) groups excluding carboxylic acids is 1. The second-order valence-electron chi connectivity index (χ2n) is 8.42. The number of ether oxygens (including phenoxy) is 3. The van der Waals surface area contributed by atoms with Crippen LogP contribution in [0.2, 0.25) is 0 Å². The van der Waals surface area contributed by atoms with Crippen molar-refractivity contribution in [1.29, 1.82) is 0 Å². The number of nitrogens with one attached hydrogen (secondary N) is 1. The maximum atomic E-state index is 12.4. The average Bonchev–Trinajstić information content (AvgIpc) is 3.15. The zero-order valence-electron chi connectivity index (χ0n) is 19.8. The van der Waals surface area contributed by atoms with E-state index in [1.165, 1.54) is 17.3 Å². The lowest BCUT2D eigenvalue weighted by Gasteiger charge is -2.19. The Morgan fingerprint density at radius 2 is 1.73 bits per heavy atom. The number of methoxy groups -OCH3 is 2. The summed E-state index contributed by atoms with van der Waals surface area (Å²) in [5.41, 5.74) is 1.92. The van der Waals surface area contributed by atoms with E-state index >= 15 is 0 Å². The van der Waals surface area contributed by atoms with Crippen LogP contribution in [0.15, 0.2) is 47.6 Å². The molecule has 1 amide bonds. The van der Waals surface area contributed by atoms with Gasteiger partial charge in [0, 0.05) is 13.1 Å². The van der Waals surface area contributed by atoms with Gasteiger partial charge in [0.2, 0.25) is 5.91 Å². The third-order valence-electron chi connectivity index (χ3n) is 5.03. The summed E-state index contributed by atoms with van der Waals surface area (Å²) in [7, 11) is 4.97. The van der Waals surface area contributed by atoms with Gasteiger partial charge in [-0.2, -0.15) is 0 Å². The van der Waals surface area contributed by atoms with Crippen LogP contribution in [0, 0.1) is 0 Å². The lowest BCUT2D eigenvalue weighted by Crippen LogP contribution is -2.15. The van der Waals surface area contributed by atoms with Gasteiger partial charge in [-0.15, -0.1) is 10.2 Å². The number of thioether (sulfide) groups is 1. The number of carbonyl (C=O) groups is 1. The molecule has 1 heterocycles. The van der Waals surface area contributed by atoms with E-state index < -0.39 is 0 Å². The van der Waals surface area contributed by atoms with Crippen molar-refractivity contribution in [2.24, 2.45) is 7.05 Å². The van der Waals surface area contributed by atoms with Crippen LogP contribution in [0.25, 0.3) is 0 Å². The highest BCUT2D eigenvalue weighted by atomic mass is 32.2. The van der Waals surface area contributed by atoms with E-state index in [1.54, 1.807) is 32.4 Å². The first-order valence-corrected chi connectivity index (χ1v) is 11.5. The van der Waals surface area contributed by atoms with E-state index in [0.717, 1.165) is 5.75 Å². The molecule has 0 fully saturated rings. The Kier molecular flexibility index (Phi) is 7.86. The Bertz CT molecular complexity index is 1090. The van der Waals surface area contributed by atoms with Gasteiger partial charge in [0.1, 0.15) is 23.9 Å². The lowest BCUT2D eigenvalue weighted by molar-refractivity contribution is -0.113. The molecule has 0 aliphatic carbocycles. The number of aromatic nitrogens is 3. The first-order valence-electron chi connectivity index (χ1n) is 10.5. The first kappa shape index (κ1) is 24.4. The van der Waals surface area contributed by atoms with Crippen LogP contribution in [0.3, 0.4) is 0 Å². The molecule has 0 saturated heterocycles. The molecule has 0 aliphatic heterocycles. The number of hydrogen-bond donors (Lipinski definition) is 1. The quantitative estimate of drug-likeness (QED) is 0.463. The van der Waals surface area contributed by atoms with Crippen LogP contribution in [-0.2, 0) is 23.9 Å². The summed E-state index contributed by atoms with van der Waals surface area (Å²) in [5, 5.41) is 11.9. The van der Waals surface area contributed by atoms with Crippen molar-refractivity contribution in [3.05, 3.63) is 53.9 Å². The summed E-state index contributed by atoms with van der Waals surface area (Å²) in [6.07, 6.45) is 0. The zero-order chi connectivity index (χ0) is 24.0. The monoisotopic (exact) mass is 470 g/mol. The molecule has 0 aliphatic rings. The van der Waals surface area contributed by atoms with Gasteiger partial charge in [0.25, 0.3) is 0 Å². The van der Waals surface area contributed by atoms with Gasteiger partial charge in [0.05, 0.1) is 25.7 Å². The summed E-state index contributed by atoms with van der Waals surface area (Å²) >= 11 is 1.30. The van der Waals surface area contributed by atoms with Gasteiger partial charge < -0.3 is 24.1 Å². The number of benzene rings is 2. The van der Waals surface area contributed by atoms with Crippen LogP contribution in [0.5, 0.6) is 17.2 Å². The first-order chi connectivity index (χ1) is 15.7. The molecule has 9 heteroatoms. The van der Waals surface area contributed by atoms with Crippen LogP contribution < -0.4 is 19.5 Å². The third-order valence-corrected chi connectivity index (χ3v) is 6.05. The Morgan fingerprint density at radius 3 is 2.36 bits per heavy atom. The van der Waals surface area contributed by atoms with Crippen LogP contribution >= 0.6 is 11.8 Å². The van der Waals surface area contributed by atoms with E-state index in [9.17, 15) is 4.79 Å². The molecule has 0 unspecified atom stereocenters. The normalized spacial score (nSPS) is 11.2. The molecule has 2 aromatic carbocycles. The summed E-state index contributed by atoms with van der Waals surface area (Å²) < 4.78 is 18.2. The Hall–Kier alpha value is -3.20. The summed E-state index contributed by atoms with van der Waals surface area (Å²) in [4.78, 5) is 12.4. The minimum Gasteiger partial charge on any atom is -0.497 e.